The van der Waals surface area contributed by atoms with Crippen LogP contribution in [-0.2, 0) is 16.0 Å². The first-order valence-corrected chi connectivity index (χ1v) is 8.40. The predicted octanol–water partition coefficient (Wildman–Crippen LogP) is 3.66. The molecule has 26 heavy (non-hydrogen) atoms. The van der Waals surface area contributed by atoms with Crippen LogP contribution in [0.15, 0.2) is 54.7 Å². The number of benzene rings is 2. The molecule has 1 N–H and O–H groups in total. The number of carbonyl (C=O) groups excluding carboxylic acids is 2. The van der Waals surface area contributed by atoms with E-state index in [-0.39, 0.29) is 24.3 Å². The third-order valence-corrected chi connectivity index (χ3v) is 4.37. The van der Waals surface area contributed by atoms with E-state index >= 15 is 0 Å². The quantitative estimate of drug-likeness (QED) is 0.919. The molecule has 3 rings (SSSR count). The summed E-state index contributed by atoms with van der Waals surface area (Å²) in [5.41, 5.74) is 3.55. The fraction of sp³-hybridized carbons (Fsp3) is 0.190. The summed E-state index contributed by atoms with van der Waals surface area (Å²) in [4.78, 5) is 26.1. The fourth-order valence-electron chi connectivity index (χ4n) is 3.10. The minimum atomic E-state index is -0.327. The highest BCUT2D eigenvalue weighted by molar-refractivity contribution is 5.92. The van der Waals surface area contributed by atoms with Crippen LogP contribution in [0, 0.1) is 11.3 Å². The first-order valence-electron chi connectivity index (χ1n) is 8.40. The fourth-order valence-corrected chi connectivity index (χ4v) is 3.10. The predicted molar refractivity (Wildman–Crippen MR) is 99.7 cm³/mol. The average molecular weight is 345 g/mol. The molecule has 0 saturated heterocycles. The Labute approximate surface area is 152 Å². The van der Waals surface area contributed by atoms with Crippen LogP contribution in [0.3, 0.4) is 0 Å². The van der Waals surface area contributed by atoms with E-state index in [1.807, 2.05) is 42.5 Å². The molecule has 5 heteroatoms. The lowest BCUT2D eigenvalue weighted by atomic mass is 9.93. The van der Waals surface area contributed by atoms with Crippen molar-refractivity contribution < 1.29 is 9.59 Å². The zero-order valence-electron chi connectivity index (χ0n) is 14.5. The highest BCUT2D eigenvalue weighted by atomic mass is 16.2. The van der Waals surface area contributed by atoms with Gasteiger partial charge in [-0.3, -0.25) is 9.59 Å². The second-order valence-electron chi connectivity index (χ2n) is 6.17. The number of nitriles is 1. The van der Waals surface area contributed by atoms with E-state index < -0.39 is 0 Å². The maximum atomic E-state index is 12.5. The van der Waals surface area contributed by atoms with Crippen LogP contribution in [0.4, 0.5) is 5.69 Å². The Morgan fingerprint density at radius 1 is 1.15 bits per heavy atom. The summed E-state index contributed by atoms with van der Waals surface area (Å²) in [5, 5.41) is 11.6. The largest absolute Gasteiger partial charge is 0.326 e. The van der Waals surface area contributed by atoms with Crippen molar-refractivity contribution in [3.63, 3.8) is 0 Å². The molecule has 1 aliphatic heterocycles. The number of hydrogen-bond donors (Lipinski definition) is 1. The van der Waals surface area contributed by atoms with Gasteiger partial charge in [0.1, 0.15) is 0 Å². The summed E-state index contributed by atoms with van der Waals surface area (Å²) < 4.78 is 0. The van der Waals surface area contributed by atoms with Crippen molar-refractivity contribution >= 4 is 23.6 Å². The summed E-state index contributed by atoms with van der Waals surface area (Å²) in [6.07, 6.45) is 4.13. The van der Waals surface area contributed by atoms with Gasteiger partial charge in [0.25, 0.3) is 0 Å². The highest BCUT2D eigenvalue weighted by Gasteiger charge is 2.28. The Kier molecular flexibility index (Phi) is 5.14. The Hall–Kier alpha value is -3.39. The molecule has 1 unspecified atom stereocenters. The lowest BCUT2D eigenvalue weighted by Crippen LogP contribution is -2.33. The Morgan fingerprint density at radius 2 is 1.88 bits per heavy atom. The van der Waals surface area contributed by atoms with Crippen LogP contribution >= 0.6 is 0 Å². The lowest BCUT2D eigenvalue weighted by molar-refractivity contribution is -0.129. The summed E-state index contributed by atoms with van der Waals surface area (Å²) >= 11 is 0. The third kappa shape index (κ3) is 3.81. The topological polar surface area (TPSA) is 73.2 Å². The number of carbonyl (C=O) groups is 2. The molecule has 5 nitrogen and oxygen atoms in total. The van der Waals surface area contributed by atoms with Crippen LogP contribution in [0.2, 0.25) is 0 Å². The number of nitrogens with zero attached hydrogens (tertiary/aromatic N) is 2. The molecule has 0 fully saturated rings. The van der Waals surface area contributed by atoms with Gasteiger partial charge in [0.05, 0.1) is 25.0 Å². The Balaban J connectivity index is 1.75. The van der Waals surface area contributed by atoms with Crippen molar-refractivity contribution in [1.29, 1.82) is 5.26 Å². The Morgan fingerprint density at radius 3 is 2.58 bits per heavy atom. The summed E-state index contributed by atoms with van der Waals surface area (Å²) in [6, 6.07) is 16.7. The monoisotopic (exact) mass is 345 g/mol. The van der Waals surface area contributed by atoms with Crippen molar-refractivity contribution in [2.75, 3.05) is 5.32 Å². The maximum Gasteiger partial charge on any atom is 0.226 e. The number of rotatable bonds is 4. The molecule has 0 aliphatic carbocycles. The molecule has 1 atom stereocenters. The molecule has 0 radical (unpaired) electrons. The van der Waals surface area contributed by atoms with E-state index in [1.54, 1.807) is 23.2 Å². The second kappa shape index (κ2) is 7.66. The van der Waals surface area contributed by atoms with Crippen molar-refractivity contribution in [2.45, 2.75) is 25.8 Å². The summed E-state index contributed by atoms with van der Waals surface area (Å²) in [7, 11) is 0. The first kappa shape index (κ1) is 17.4. The molecule has 130 valence electrons. The molecule has 2 amide bonds. The van der Waals surface area contributed by atoms with E-state index in [0.717, 1.165) is 16.7 Å². The zero-order valence-corrected chi connectivity index (χ0v) is 14.5. The number of amides is 2. The standard InChI is InChI=1S/C21H19N3O2/c1-15(25)24-13-11-17-4-2-3-5-19(17)20(24)14-21(26)23-18-8-6-16(7-9-18)10-12-22/h2-9,11,13,20H,10,14H2,1H3,(H,23,26). The Bertz CT molecular complexity index is 894. The molecule has 0 spiro atoms. The minimum absolute atomic E-state index is 0.102. The van der Waals surface area contributed by atoms with E-state index in [4.69, 9.17) is 5.26 Å². The molecule has 2 aromatic rings. The molecule has 1 aliphatic rings. The van der Waals surface area contributed by atoms with Gasteiger partial charge in [0.15, 0.2) is 0 Å². The van der Waals surface area contributed by atoms with Crippen LogP contribution in [-0.4, -0.2) is 16.7 Å². The van der Waals surface area contributed by atoms with Crippen LogP contribution < -0.4 is 5.32 Å². The molecule has 2 aromatic carbocycles. The smallest absolute Gasteiger partial charge is 0.226 e. The zero-order chi connectivity index (χ0) is 18.5. The molecule has 0 saturated carbocycles. The van der Waals surface area contributed by atoms with Crippen molar-refractivity contribution in [3.05, 3.63) is 71.4 Å². The SMILES string of the molecule is CC(=O)N1C=Cc2ccccc2C1CC(=O)Nc1ccc(CC#N)cc1. The van der Waals surface area contributed by atoms with Gasteiger partial charge in [-0.15, -0.1) is 0 Å². The van der Waals surface area contributed by atoms with Crippen molar-refractivity contribution in [2.24, 2.45) is 0 Å². The number of hydrogen-bond acceptors (Lipinski definition) is 3. The molecule has 1 heterocycles. The number of fused-ring (bicyclic) bond motifs is 1. The van der Waals surface area contributed by atoms with Gasteiger partial charge in [-0.25, -0.2) is 0 Å². The highest BCUT2D eigenvalue weighted by Crippen LogP contribution is 2.33. The van der Waals surface area contributed by atoms with Gasteiger partial charge in [-0.1, -0.05) is 36.4 Å². The van der Waals surface area contributed by atoms with Crippen LogP contribution in [0.25, 0.3) is 6.08 Å². The van der Waals surface area contributed by atoms with Crippen molar-refractivity contribution in [3.8, 4) is 6.07 Å². The van der Waals surface area contributed by atoms with Gasteiger partial charge >= 0.3 is 0 Å². The van der Waals surface area contributed by atoms with Crippen LogP contribution in [0.5, 0.6) is 0 Å². The normalized spacial score (nSPS) is 15.1. The second-order valence-corrected chi connectivity index (χ2v) is 6.17. The third-order valence-electron chi connectivity index (χ3n) is 4.37. The van der Waals surface area contributed by atoms with Gasteiger partial charge in [-0.05, 0) is 34.9 Å². The summed E-state index contributed by atoms with van der Waals surface area (Å²) in [6.45, 7) is 1.50. The molecule has 0 bridgehead atoms. The van der Waals surface area contributed by atoms with E-state index in [1.165, 1.54) is 6.92 Å². The average Bonchev–Trinajstić information content (AvgIpc) is 2.63. The van der Waals surface area contributed by atoms with E-state index in [0.29, 0.717) is 12.1 Å². The van der Waals surface area contributed by atoms with Gasteiger partial charge < -0.3 is 10.2 Å². The van der Waals surface area contributed by atoms with Gasteiger partial charge in [0, 0.05) is 18.8 Å². The summed E-state index contributed by atoms with van der Waals surface area (Å²) in [5.74, 6) is -0.270. The van der Waals surface area contributed by atoms with E-state index in [2.05, 4.69) is 11.4 Å². The molecular weight excluding hydrogens is 326 g/mol. The number of anilines is 1. The van der Waals surface area contributed by atoms with Gasteiger partial charge in [0.2, 0.25) is 11.8 Å². The van der Waals surface area contributed by atoms with Gasteiger partial charge in [-0.2, -0.15) is 5.26 Å². The maximum absolute atomic E-state index is 12.5. The van der Waals surface area contributed by atoms with E-state index in [9.17, 15) is 9.59 Å². The number of nitrogens with one attached hydrogen (secondary N) is 1. The molecule has 0 aromatic heterocycles. The van der Waals surface area contributed by atoms with Crippen LogP contribution in [0.1, 0.15) is 36.1 Å². The molecular formula is C21H19N3O2. The minimum Gasteiger partial charge on any atom is -0.326 e. The first-order chi connectivity index (χ1) is 12.6. The van der Waals surface area contributed by atoms with Crippen molar-refractivity contribution in [1.82, 2.24) is 4.90 Å². The lowest BCUT2D eigenvalue weighted by Gasteiger charge is -2.32.